The highest BCUT2D eigenvalue weighted by Gasteiger charge is 2.36. The molecule has 2 fully saturated rings. The summed E-state index contributed by atoms with van der Waals surface area (Å²) in [6, 6.07) is 15.7. The topological polar surface area (TPSA) is 43.9 Å². The van der Waals surface area contributed by atoms with E-state index >= 15 is 0 Å². The molecular weight excluding hydrogens is 406 g/mol. The number of aryl methyl sites for hydroxylation is 1. The van der Waals surface area contributed by atoms with Crippen LogP contribution in [0.4, 0.5) is 10.5 Å². The SMILES string of the molecule is Cc1ccc(N2CCN(CN3C(=O)S/C(=C/c4ccc(Cl)cc4)C3=O)CC2)cc1. The van der Waals surface area contributed by atoms with E-state index in [4.69, 9.17) is 11.6 Å². The van der Waals surface area contributed by atoms with Crippen LogP contribution in [-0.2, 0) is 4.79 Å². The fourth-order valence-corrected chi connectivity index (χ4v) is 4.39. The zero-order chi connectivity index (χ0) is 20.4. The van der Waals surface area contributed by atoms with Gasteiger partial charge in [-0.25, -0.2) is 0 Å². The predicted octanol–water partition coefficient (Wildman–Crippen LogP) is 4.46. The molecule has 2 aromatic carbocycles. The van der Waals surface area contributed by atoms with Crippen LogP contribution in [0.15, 0.2) is 53.4 Å². The second kappa shape index (κ2) is 8.61. The van der Waals surface area contributed by atoms with Gasteiger partial charge in [-0.15, -0.1) is 0 Å². The van der Waals surface area contributed by atoms with Crippen molar-refractivity contribution in [2.45, 2.75) is 6.92 Å². The third-order valence-electron chi connectivity index (χ3n) is 5.15. The first-order valence-electron chi connectivity index (χ1n) is 9.54. The minimum absolute atomic E-state index is 0.212. The first-order chi connectivity index (χ1) is 14.0. The number of nitrogens with zero attached hydrogens (tertiary/aromatic N) is 3. The molecule has 2 aliphatic rings. The summed E-state index contributed by atoms with van der Waals surface area (Å²) in [5, 5.41) is 0.427. The van der Waals surface area contributed by atoms with Gasteiger partial charge in [-0.05, 0) is 54.6 Å². The molecule has 2 heterocycles. The summed E-state index contributed by atoms with van der Waals surface area (Å²) in [7, 11) is 0. The number of benzene rings is 2. The molecule has 0 aliphatic carbocycles. The molecule has 0 N–H and O–H groups in total. The van der Waals surface area contributed by atoms with Crippen LogP contribution in [0.3, 0.4) is 0 Å². The number of amides is 2. The van der Waals surface area contributed by atoms with Crippen LogP contribution in [-0.4, -0.2) is 53.8 Å². The molecule has 2 saturated heterocycles. The van der Waals surface area contributed by atoms with E-state index in [0.717, 1.165) is 43.5 Å². The van der Waals surface area contributed by atoms with Crippen molar-refractivity contribution < 1.29 is 9.59 Å². The highest BCUT2D eigenvalue weighted by Crippen LogP contribution is 2.32. The summed E-state index contributed by atoms with van der Waals surface area (Å²) in [5.41, 5.74) is 3.32. The Balaban J connectivity index is 1.36. The summed E-state index contributed by atoms with van der Waals surface area (Å²) < 4.78 is 0. The van der Waals surface area contributed by atoms with Gasteiger partial charge in [0.15, 0.2) is 0 Å². The van der Waals surface area contributed by atoms with E-state index in [2.05, 4.69) is 41.0 Å². The van der Waals surface area contributed by atoms with Gasteiger partial charge < -0.3 is 4.90 Å². The number of piperazine rings is 1. The molecule has 2 amide bonds. The molecule has 2 aliphatic heterocycles. The Hall–Kier alpha value is -2.28. The van der Waals surface area contributed by atoms with Gasteiger partial charge in [-0.1, -0.05) is 41.4 Å². The number of carbonyl (C=O) groups is 2. The monoisotopic (exact) mass is 427 g/mol. The van der Waals surface area contributed by atoms with E-state index in [1.165, 1.54) is 16.2 Å². The van der Waals surface area contributed by atoms with Crippen molar-refractivity contribution in [3.8, 4) is 0 Å². The molecule has 0 atom stereocenters. The lowest BCUT2D eigenvalue weighted by atomic mass is 10.2. The molecule has 0 unspecified atom stereocenters. The highest BCUT2D eigenvalue weighted by molar-refractivity contribution is 8.18. The largest absolute Gasteiger partial charge is 0.369 e. The van der Waals surface area contributed by atoms with E-state index in [0.29, 0.717) is 16.6 Å². The average molecular weight is 428 g/mol. The van der Waals surface area contributed by atoms with Crippen molar-refractivity contribution in [3.63, 3.8) is 0 Å². The molecule has 150 valence electrons. The van der Waals surface area contributed by atoms with Gasteiger partial charge in [0.25, 0.3) is 11.1 Å². The van der Waals surface area contributed by atoms with Crippen molar-refractivity contribution >= 4 is 46.3 Å². The first kappa shape index (κ1) is 20.0. The van der Waals surface area contributed by atoms with E-state index < -0.39 is 0 Å². The van der Waals surface area contributed by atoms with Gasteiger partial charge in [-0.3, -0.25) is 19.4 Å². The van der Waals surface area contributed by atoms with Gasteiger partial charge in [0.05, 0.1) is 11.6 Å². The maximum atomic E-state index is 12.7. The Bertz CT molecular complexity index is 936. The molecule has 0 bridgehead atoms. The molecule has 0 aromatic heterocycles. The Morgan fingerprint density at radius 1 is 0.966 bits per heavy atom. The fraction of sp³-hybridized carbons (Fsp3) is 0.273. The third-order valence-corrected chi connectivity index (χ3v) is 6.31. The minimum Gasteiger partial charge on any atom is -0.369 e. The van der Waals surface area contributed by atoms with Gasteiger partial charge in [0, 0.05) is 36.9 Å². The standard InChI is InChI=1S/C22H22ClN3O2S/c1-16-2-8-19(9-3-16)25-12-10-24(11-13-25)15-26-21(27)20(29-22(26)28)14-17-4-6-18(23)7-5-17/h2-9,14H,10-13,15H2,1H3/b20-14+. The van der Waals surface area contributed by atoms with Crippen LogP contribution >= 0.6 is 23.4 Å². The first-order valence-corrected chi connectivity index (χ1v) is 10.7. The summed E-state index contributed by atoms with van der Waals surface area (Å²) in [6.45, 7) is 5.79. The van der Waals surface area contributed by atoms with Crippen LogP contribution in [0.2, 0.25) is 5.02 Å². The Labute approximate surface area is 179 Å². The van der Waals surface area contributed by atoms with Gasteiger partial charge in [-0.2, -0.15) is 0 Å². The number of anilines is 1. The van der Waals surface area contributed by atoms with Crippen LogP contribution in [0.1, 0.15) is 11.1 Å². The lowest BCUT2D eigenvalue weighted by Gasteiger charge is -2.37. The summed E-state index contributed by atoms with van der Waals surface area (Å²) in [5.74, 6) is -0.226. The molecule has 0 radical (unpaired) electrons. The van der Waals surface area contributed by atoms with Crippen molar-refractivity contribution in [2.24, 2.45) is 0 Å². The second-order valence-corrected chi connectivity index (χ2v) is 8.67. The van der Waals surface area contributed by atoms with Crippen molar-refractivity contribution in [1.29, 1.82) is 0 Å². The van der Waals surface area contributed by atoms with E-state index in [1.807, 2.05) is 12.1 Å². The Morgan fingerprint density at radius 3 is 2.28 bits per heavy atom. The van der Waals surface area contributed by atoms with Crippen molar-refractivity contribution in [1.82, 2.24) is 9.80 Å². The molecule has 29 heavy (non-hydrogen) atoms. The summed E-state index contributed by atoms with van der Waals surface area (Å²) >= 11 is 6.90. The number of halogens is 1. The summed E-state index contributed by atoms with van der Waals surface area (Å²) in [6.07, 6.45) is 1.75. The molecule has 0 spiro atoms. The van der Waals surface area contributed by atoms with Gasteiger partial charge in [0.2, 0.25) is 0 Å². The zero-order valence-corrected chi connectivity index (χ0v) is 17.7. The molecule has 0 saturated carbocycles. The quantitative estimate of drug-likeness (QED) is 0.674. The normalized spacial score (nSPS) is 19.4. The lowest BCUT2D eigenvalue weighted by Crippen LogP contribution is -2.50. The van der Waals surface area contributed by atoms with Crippen molar-refractivity contribution in [3.05, 3.63) is 69.6 Å². The van der Waals surface area contributed by atoms with Crippen LogP contribution in [0.5, 0.6) is 0 Å². The number of thioether (sulfide) groups is 1. The maximum absolute atomic E-state index is 12.7. The number of carbonyl (C=O) groups excluding carboxylic acids is 2. The van der Waals surface area contributed by atoms with Gasteiger partial charge >= 0.3 is 0 Å². The molecule has 2 aromatic rings. The van der Waals surface area contributed by atoms with Crippen LogP contribution < -0.4 is 4.90 Å². The third kappa shape index (κ3) is 4.66. The van der Waals surface area contributed by atoms with Crippen LogP contribution in [0.25, 0.3) is 6.08 Å². The minimum atomic E-state index is -0.226. The smallest absolute Gasteiger partial charge is 0.294 e. The Kier molecular flexibility index (Phi) is 5.94. The number of imide groups is 1. The van der Waals surface area contributed by atoms with Crippen LogP contribution in [0, 0.1) is 6.92 Å². The molecule has 4 rings (SSSR count). The van der Waals surface area contributed by atoms with Gasteiger partial charge in [0.1, 0.15) is 0 Å². The van der Waals surface area contributed by atoms with E-state index in [-0.39, 0.29) is 11.1 Å². The highest BCUT2D eigenvalue weighted by atomic mass is 35.5. The number of hydrogen-bond acceptors (Lipinski definition) is 5. The lowest BCUT2D eigenvalue weighted by molar-refractivity contribution is -0.124. The fourth-order valence-electron chi connectivity index (χ4n) is 3.44. The van der Waals surface area contributed by atoms with Crippen molar-refractivity contribution in [2.75, 3.05) is 37.7 Å². The second-order valence-electron chi connectivity index (χ2n) is 7.24. The molecule has 5 nitrogen and oxygen atoms in total. The molecular formula is C22H22ClN3O2S. The maximum Gasteiger partial charge on any atom is 0.294 e. The van der Waals surface area contributed by atoms with E-state index in [1.54, 1.807) is 18.2 Å². The predicted molar refractivity (Wildman–Crippen MR) is 119 cm³/mol. The number of rotatable bonds is 4. The number of hydrogen-bond donors (Lipinski definition) is 0. The Morgan fingerprint density at radius 2 is 1.62 bits per heavy atom. The zero-order valence-electron chi connectivity index (χ0n) is 16.2. The van der Waals surface area contributed by atoms with E-state index in [9.17, 15) is 9.59 Å². The molecule has 7 heteroatoms. The summed E-state index contributed by atoms with van der Waals surface area (Å²) in [4.78, 5) is 31.4. The average Bonchev–Trinajstić information content (AvgIpc) is 2.98.